The molecule has 0 bridgehead atoms. The van der Waals surface area contributed by atoms with Crippen LogP contribution in [0.3, 0.4) is 0 Å². The number of benzene rings is 1. The van der Waals surface area contributed by atoms with Gasteiger partial charge in [-0.15, -0.1) is 0 Å². The number of halogens is 1. The van der Waals surface area contributed by atoms with Gasteiger partial charge in [0.15, 0.2) is 0 Å². The summed E-state index contributed by atoms with van der Waals surface area (Å²) in [6.07, 6.45) is 1.08. The third-order valence-corrected chi connectivity index (χ3v) is 3.05. The molecule has 13 heavy (non-hydrogen) atoms. The Bertz CT molecular complexity index is 305. The van der Waals surface area contributed by atoms with E-state index in [1.807, 2.05) is 12.1 Å². The highest BCUT2D eigenvalue weighted by Gasteiger charge is 2.31. The van der Waals surface area contributed by atoms with Crippen molar-refractivity contribution >= 4 is 11.6 Å². The van der Waals surface area contributed by atoms with Crippen LogP contribution in [0.5, 0.6) is 0 Å². The van der Waals surface area contributed by atoms with Crippen LogP contribution >= 0.6 is 11.6 Å². The van der Waals surface area contributed by atoms with E-state index in [1.165, 1.54) is 5.56 Å². The maximum atomic E-state index is 6.09. The second kappa shape index (κ2) is 3.32. The number of nitrogens with one attached hydrogen (secondary N) is 1. The largest absolute Gasteiger partial charge is 0.316 e. The van der Waals surface area contributed by atoms with Gasteiger partial charge in [-0.05, 0) is 23.5 Å². The quantitative estimate of drug-likeness (QED) is 0.765. The topological polar surface area (TPSA) is 12.0 Å². The first-order valence-electron chi connectivity index (χ1n) is 4.64. The maximum absolute atomic E-state index is 6.09. The normalized spacial score (nSPS) is 19.5. The first-order chi connectivity index (χ1) is 6.20. The summed E-state index contributed by atoms with van der Waals surface area (Å²) in [7, 11) is 0. The minimum absolute atomic E-state index is 0.422. The van der Waals surface area contributed by atoms with Gasteiger partial charge in [0.1, 0.15) is 0 Å². The predicted molar refractivity (Wildman–Crippen MR) is 56.1 cm³/mol. The summed E-state index contributed by atoms with van der Waals surface area (Å²) in [5.41, 5.74) is 1.69. The molecule has 1 nitrogen and oxygen atoms in total. The van der Waals surface area contributed by atoms with E-state index in [2.05, 4.69) is 24.4 Å². The maximum Gasteiger partial charge on any atom is 0.0438 e. The second-order valence-electron chi connectivity index (χ2n) is 4.18. The smallest absolute Gasteiger partial charge is 0.0438 e. The fourth-order valence-corrected chi connectivity index (χ4v) is 1.98. The first-order valence-corrected chi connectivity index (χ1v) is 5.02. The van der Waals surface area contributed by atoms with E-state index in [-0.39, 0.29) is 0 Å². The molecule has 1 aliphatic heterocycles. The molecule has 0 spiro atoms. The predicted octanol–water partition coefficient (Wildman–Crippen LogP) is 2.49. The van der Waals surface area contributed by atoms with Crippen LogP contribution in [0.4, 0.5) is 0 Å². The van der Waals surface area contributed by atoms with E-state index in [0.29, 0.717) is 5.41 Å². The lowest BCUT2D eigenvalue weighted by Gasteiger charge is -2.39. The lowest BCUT2D eigenvalue weighted by atomic mass is 9.78. The summed E-state index contributed by atoms with van der Waals surface area (Å²) in [5, 5.41) is 4.20. The Morgan fingerprint density at radius 3 is 2.62 bits per heavy atom. The van der Waals surface area contributed by atoms with Gasteiger partial charge < -0.3 is 5.32 Å². The van der Waals surface area contributed by atoms with Crippen molar-refractivity contribution in [1.29, 1.82) is 0 Å². The summed E-state index contributed by atoms with van der Waals surface area (Å²) in [6, 6.07) is 8.11. The summed E-state index contributed by atoms with van der Waals surface area (Å²) < 4.78 is 0. The molecule has 1 heterocycles. The van der Waals surface area contributed by atoms with Crippen molar-refractivity contribution in [2.45, 2.75) is 13.3 Å². The highest BCUT2D eigenvalue weighted by molar-refractivity contribution is 6.31. The van der Waals surface area contributed by atoms with Crippen LogP contribution in [0, 0.1) is 5.41 Å². The van der Waals surface area contributed by atoms with Gasteiger partial charge in [0.05, 0.1) is 0 Å². The van der Waals surface area contributed by atoms with Crippen LogP contribution in [0.1, 0.15) is 12.5 Å². The molecule has 0 radical (unpaired) electrons. The molecule has 1 saturated heterocycles. The Morgan fingerprint density at radius 2 is 2.08 bits per heavy atom. The minimum Gasteiger partial charge on any atom is -0.316 e. The van der Waals surface area contributed by atoms with Crippen molar-refractivity contribution in [3.8, 4) is 0 Å². The zero-order chi connectivity index (χ0) is 9.31. The van der Waals surface area contributed by atoms with Crippen LogP contribution in [0.25, 0.3) is 0 Å². The van der Waals surface area contributed by atoms with Crippen LogP contribution < -0.4 is 5.32 Å². The second-order valence-corrected chi connectivity index (χ2v) is 4.59. The average molecular weight is 196 g/mol. The zero-order valence-electron chi connectivity index (χ0n) is 7.81. The van der Waals surface area contributed by atoms with Gasteiger partial charge in [-0.1, -0.05) is 36.7 Å². The zero-order valence-corrected chi connectivity index (χ0v) is 8.56. The SMILES string of the molecule is CC1(Cc2ccccc2Cl)CNC1. The van der Waals surface area contributed by atoms with Gasteiger partial charge in [0.25, 0.3) is 0 Å². The van der Waals surface area contributed by atoms with Crippen molar-refractivity contribution in [3.05, 3.63) is 34.9 Å². The van der Waals surface area contributed by atoms with Crippen LogP contribution in [0.15, 0.2) is 24.3 Å². The molecule has 0 aliphatic carbocycles. The van der Waals surface area contributed by atoms with E-state index >= 15 is 0 Å². The lowest BCUT2D eigenvalue weighted by Crippen LogP contribution is -2.52. The highest BCUT2D eigenvalue weighted by Crippen LogP contribution is 2.29. The number of hydrogen-bond donors (Lipinski definition) is 1. The van der Waals surface area contributed by atoms with Crippen LogP contribution in [0.2, 0.25) is 5.02 Å². The molecular weight excluding hydrogens is 182 g/mol. The molecule has 1 N–H and O–H groups in total. The molecular formula is C11H14ClN. The molecule has 1 aliphatic rings. The number of rotatable bonds is 2. The van der Waals surface area contributed by atoms with E-state index in [4.69, 9.17) is 11.6 Å². The summed E-state index contributed by atoms with van der Waals surface area (Å²) >= 11 is 6.09. The Kier molecular flexibility index (Phi) is 2.31. The van der Waals surface area contributed by atoms with Gasteiger partial charge >= 0.3 is 0 Å². The summed E-state index contributed by atoms with van der Waals surface area (Å²) in [5.74, 6) is 0. The van der Waals surface area contributed by atoms with Crippen molar-refractivity contribution in [3.63, 3.8) is 0 Å². The molecule has 0 unspecified atom stereocenters. The Labute approximate surface area is 84.1 Å². The Hall–Kier alpha value is -0.530. The monoisotopic (exact) mass is 195 g/mol. The minimum atomic E-state index is 0.422. The van der Waals surface area contributed by atoms with Gasteiger partial charge in [-0.25, -0.2) is 0 Å². The summed E-state index contributed by atoms with van der Waals surface area (Å²) in [4.78, 5) is 0. The van der Waals surface area contributed by atoms with Gasteiger partial charge in [-0.2, -0.15) is 0 Å². The number of hydrogen-bond acceptors (Lipinski definition) is 1. The molecule has 1 fully saturated rings. The van der Waals surface area contributed by atoms with E-state index < -0.39 is 0 Å². The van der Waals surface area contributed by atoms with Gasteiger partial charge in [0, 0.05) is 18.1 Å². The molecule has 0 amide bonds. The molecule has 2 heteroatoms. The van der Waals surface area contributed by atoms with E-state index in [9.17, 15) is 0 Å². The Morgan fingerprint density at radius 1 is 1.38 bits per heavy atom. The molecule has 0 atom stereocenters. The fourth-order valence-electron chi connectivity index (χ4n) is 1.78. The van der Waals surface area contributed by atoms with Crippen molar-refractivity contribution < 1.29 is 0 Å². The standard InChI is InChI=1S/C11H14ClN/c1-11(7-13-8-11)6-9-4-2-3-5-10(9)12/h2-5,13H,6-8H2,1H3. The van der Waals surface area contributed by atoms with E-state index in [1.54, 1.807) is 0 Å². The van der Waals surface area contributed by atoms with E-state index in [0.717, 1.165) is 24.5 Å². The molecule has 0 saturated carbocycles. The van der Waals surface area contributed by atoms with Crippen LogP contribution in [-0.4, -0.2) is 13.1 Å². The van der Waals surface area contributed by atoms with Gasteiger partial charge in [0.2, 0.25) is 0 Å². The Balaban J connectivity index is 2.13. The molecule has 1 aromatic carbocycles. The average Bonchev–Trinajstić information content (AvgIpc) is 2.06. The molecule has 0 aromatic heterocycles. The van der Waals surface area contributed by atoms with Gasteiger partial charge in [-0.3, -0.25) is 0 Å². The summed E-state index contributed by atoms with van der Waals surface area (Å²) in [6.45, 7) is 4.52. The molecule has 70 valence electrons. The van der Waals surface area contributed by atoms with Crippen LogP contribution in [-0.2, 0) is 6.42 Å². The lowest BCUT2D eigenvalue weighted by molar-refractivity contribution is 0.195. The van der Waals surface area contributed by atoms with Crippen molar-refractivity contribution in [2.75, 3.05) is 13.1 Å². The fraction of sp³-hybridized carbons (Fsp3) is 0.455. The highest BCUT2D eigenvalue weighted by atomic mass is 35.5. The first kappa shape index (κ1) is 9.04. The molecule has 1 aromatic rings. The van der Waals surface area contributed by atoms with Crippen molar-refractivity contribution in [1.82, 2.24) is 5.32 Å². The third kappa shape index (κ3) is 1.87. The molecule has 2 rings (SSSR count). The van der Waals surface area contributed by atoms with Crippen molar-refractivity contribution in [2.24, 2.45) is 5.41 Å². The third-order valence-electron chi connectivity index (χ3n) is 2.68.